The monoisotopic (exact) mass is 412 g/mol. The maximum Gasteiger partial charge on any atom is 0.165 e. The van der Waals surface area contributed by atoms with Crippen molar-refractivity contribution < 1.29 is 9.90 Å². The number of fused-ring (bicyclic) bond motifs is 5. The predicted molar refractivity (Wildman–Crippen MR) is 118 cm³/mol. The maximum absolute atomic E-state index is 13.5. The van der Waals surface area contributed by atoms with Gasteiger partial charge in [-0.1, -0.05) is 43.6 Å². The summed E-state index contributed by atoms with van der Waals surface area (Å²) in [7, 11) is 0. The SMILES string of the molecule is C[C@]12CC[C@@H](O)C[C@@H]1CC[C@H]1[C@H]2CC[C@@]2(C)C(=O)/C(=C/c3ccccc3Cl)C[C@H]12. The predicted octanol–water partition coefficient (Wildman–Crippen LogP) is 6.31. The molecule has 4 fully saturated rings. The molecular formula is C26H33ClO2. The van der Waals surface area contributed by atoms with Gasteiger partial charge in [0.05, 0.1) is 6.10 Å². The fraction of sp³-hybridized carbons (Fsp3) is 0.654. The standard InChI is InChI=1S/C26H33ClO2/c1-25-11-9-19(28)15-18(25)7-8-20-21(25)10-12-26(2)22(20)14-17(24(26)29)13-16-5-3-4-6-23(16)27/h3-6,13,18-22,28H,7-12,14-15H2,1-2H3/b17-13+/t18-,19+,20-,21+,22+,25-,26+/m0/s1. The summed E-state index contributed by atoms with van der Waals surface area (Å²) >= 11 is 6.38. The first-order valence-corrected chi connectivity index (χ1v) is 11.9. The Morgan fingerprint density at radius 1 is 1.07 bits per heavy atom. The second-order valence-corrected chi connectivity index (χ2v) is 11.2. The fourth-order valence-corrected chi connectivity index (χ4v) is 8.01. The summed E-state index contributed by atoms with van der Waals surface area (Å²) in [5.74, 6) is 2.84. The average Bonchev–Trinajstić information content (AvgIpc) is 2.95. The number of hydrogen-bond donors (Lipinski definition) is 1. The Morgan fingerprint density at radius 3 is 2.66 bits per heavy atom. The van der Waals surface area contributed by atoms with Gasteiger partial charge in [-0.15, -0.1) is 0 Å². The number of aliphatic hydroxyl groups is 1. The van der Waals surface area contributed by atoms with Gasteiger partial charge in [-0.2, -0.15) is 0 Å². The van der Waals surface area contributed by atoms with E-state index in [1.165, 1.54) is 19.3 Å². The van der Waals surface area contributed by atoms with Gasteiger partial charge < -0.3 is 5.11 Å². The van der Waals surface area contributed by atoms with Crippen LogP contribution in [0.5, 0.6) is 0 Å². The molecule has 1 aromatic carbocycles. The van der Waals surface area contributed by atoms with E-state index in [0.717, 1.165) is 48.3 Å². The zero-order valence-corrected chi connectivity index (χ0v) is 18.4. The van der Waals surface area contributed by atoms with Crippen molar-refractivity contribution in [2.75, 3.05) is 0 Å². The van der Waals surface area contributed by atoms with Crippen LogP contribution in [0.3, 0.4) is 0 Å². The van der Waals surface area contributed by atoms with E-state index in [0.29, 0.717) is 34.9 Å². The van der Waals surface area contributed by atoms with Crippen molar-refractivity contribution >= 4 is 23.5 Å². The highest BCUT2D eigenvalue weighted by atomic mass is 35.5. The molecule has 0 aromatic heterocycles. The first kappa shape index (κ1) is 19.8. The van der Waals surface area contributed by atoms with Crippen molar-refractivity contribution in [2.45, 2.75) is 71.3 Å². The smallest absolute Gasteiger partial charge is 0.165 e. The van der Waals surface area contributed by atoms with E-state index in [9.17, 15) is 9.90 Å². The van der Waals surface area contributed by atoms with Crippen LogP contribution >= 0.6 is 11.6 Å². The van der Waals surface area contributed by atoms with E-state index >= 15 is 0 Å². The Balaban J connectivity index is 1.46. The zero-order valence-electron chi connectivity index (χ0n) is 17.7. The van der Waals surface area contributed by atoms with E-state index in [4.69, 9.17) is 11.6 Å². The zero-order chi connectivity index (χ0) is 20.4. The molecule has 4 aliphatic rings. The highest BCUT2D eigenvalue weighted by molar-refractivity contribution is 6.32. The van der Waals surface area contributed by atoms with E-state index in [2.05, 4.69) is 19.9 Å². The molecule has 0 spiro atoms. The third kappa shape index (κ3) is 2.97. The molecule has 5 rings (SSSR count). The van der Waals surface area contributed by atoms with Crippen molar-refractivity contribution in [1.29, 1.82) is 0 Å². The number of rotatable bonds is 1. The number of carbonyl (C=O) groups is 1. The summed E-state index contributed by atoms with van der Waals surface area (Å²) in [5.41, 5.74) is 2.10. The molecule has 0 bridgehead atoms. The van der Waals surface area contributed by atoms with Gasteiger partial charge in [-0.3, -0.25) is 4.79 Å². The minimum absolute atomic E-state index is 0.100. The summed E-state index contributed by atoms with van der Waals surface area (Å²) in [4.78, 5) is 13.5. The van der Waals surface area contributed by atoms with E-state index < -0.39 is 0 Å². The number of allylic oxidation sites excluding steroid dienone is 1. The van der Waals surface area contributed by atoms with Crippen LogP contribution in [-0.2, 0) is 4.79 Å². The van der Waals surface area contributed by atoms with Crippen molar-refractivity contribution in [1.82, 2.24) is 0 Å². The number of hydrogen-bond acceptors (Lipinski definition) is 2. The first-order valence-electron chi connectivity index (χ1n) is 11.5. The second-order valence-electron chi connectivity index (χ2n) is 10.8. The molecule has 0 saturated heterocycles. The second kappa shape index (κ2) is 6.95. The number of ketones is 1. The minimum atomic E-state index is -0.203. The molecule has 3 heteroatoms. The van der Waals surface area contributed by atoms with Crippen LogP contribution in [0.1, 0.15) is 70.8 Å². The molecule has 0 heterocycles. The van der Waals surface area contributed by atoms with Gasteiger partial charge in [-0.25, -0.2) is 0 Å². The minimum Gasteiger partial charge on any atom is -0.393 e. The molecule has 7 atom stereocenters. The molecule has 0 amide bonds. The lowest BCUT2D eigenvalue weighted by molar-refractivity contribution is -0.141. The van der Waals surface area contributed by atoms with Crippen LogP contribution in [0, 0.1) is 34.5 Å². The fourth-order valence-electron chi connectivity index (χ4n) is 7.81. The highest BCUT2D eigenvalue weighted by Gasteiger charge is 2.61. The Kier molecular flexibility index (Phi) is 4.75. The normalized spacial score (nSPS) is 45.6. The van der Waals surface area contributed by atoms with E-state index in [-0.39, 0.29) is 11.5 Å². The van der Waals surface area contributed by atoms with Gasteiger partial charge >= 0.3 is 0 Å². The Morgan fingerprint density at radius 2 is 1.86 bits per heavy atom. The van der Waals surface area contributed by atoms with Crippen LogP contribution in [0.4, 0.5) is 0 Å². The van der Waals surface area contributed by atoms with Crippen LogP contribution in [0.2, 0.25) is 5.02 Å². The van der Waals surface area contributed by atoms with Crippen LogP contribution in [0.15, 0.2) is 29.8 Å². The van der Waals surface area contributed by atoms with Gasteiger partial charge in [-0.05, 0) is 104 Å². The average molecular weight is 413 g/mol. The number of Topliss-reactive ketones (excluding diaryl/α,β-unsaturated/α-hetero) is 1. The molecule has 29 heavy (non-hydrogen) atoms. The van der Waals surface area contributed by atoms with Crippen molar-refractivity contribution in [3.8, 4) is 0 Å². The van der Waals surface area contributed by atoms with Crippen molar-refractivity contribution in [3.05, 3.63) is 40.4 Å². The number of aliphatic hydroxyl groups excluding tert-OH is 1. The summed E-state index contributed by atoms with van der Waals surface area (Å²) in [6, 6.07) is 7.84. The third-order valence-corrected chi connectivity index (χ3v) is 9.86. The summed E-state index contributed by atoms with van der Waals surface area (Å²) < 4.78 is 0. The lowest BCUT2D eigenvalue weighted by atomic mass is 9.45. The molecule has 4 aliphatic carbocycles. The van der Waals surface area contributed by atoms with E-state index in [1.807, 2.05) is 24.3 Å². The van der Waals surface area contributed by atoms with Crippen LogP contribution in [-0.4, -0.2) is 17.0 Å². The molecular weight excluding hydrogens is 380 g/mol. The summed E-state index contributed by atoms with van der Waals surface area (Å²) in [6.07, 6.45) is 10.6. The number of carbonyl (C=O) groups excluding carboxylic acids is 1. The molecule has 1 aromatic rings. The van der Waals surface area contributed by atoms with Gasteiger partial charge in [0.15, 0.2) is 5.78 Å². The molecule has 0 aliphatic heterocycles. The highest BCUT2D eigenvalue weighted by Crippen LogP contribution is 2.66. The van der Waals surface area contributed by atoms with Gasteiger partial charge in [0.2, 0.25) is 0 Å². The molecule has 0 unspecified atom stereocenters. The van der Waals surface area contributed by atoms with Crippen molar-refractivity contribution in [3.63, 3.8) is 0 Å². The van der Waals surface area contributed by atoms with E-state index in [1.54, 1.807) is 0 Å². The topological polar surface area (TPSA) is 37.3 Å². The quantitative estimate of drug-likeness (QED) is 0.549. The first-order chi connectivity index (χ1) is 13.8. The summed E-state index contributed by atoms with van der Waals surface area (Å²) in [6.45, 7) is 4.74. The van der Waals surface area contributed by atoms with Crippen molar-refractivity contribution in [2.24, 2.45) is 34.5 Å². The van der Waals surface area contributed by atoms with Crippen LogP contribution < -0.4 is 0 Å². The molecule has 2 nitrogen and oxygen atoms in total. The number of halogens is 1. The molecule has 156 valence electrons. The van der Waals surface area contributed by atoms with Gasteiger partial charge in [0.25, 0.3) is 0 Å². The van der Waals surface area contributed by atoms with Crippen LogP contribution in [0.25, 0.3) is 6.08 Å². The largest absolute Gasteiger partial charge is 0.393 e. The lowest BCUT2D eigenvalue weighted by Gasteiger charge is -2.59. The Labute approximate surface area is 179 Å². The third-order valence-electron chi connectivity index (χ3n) is 9.51. The molecule has 1 N–H and O–H groups in total. The lowest BCUT2D eigenvalue weighted by Crippen LogP contribution is -2.54. The maximum atomic E-state index is 13.5. The van der Waals surface area contributed by atoms with Gasteiger partial charge in [0.1, 0.15) is 0 Å². The Bertz CT molecular complexity index is 860. The molecule has 4 saturated carbocycles. The Hall–Kier alpha value is -1.12. The van der Waals surface area contributed by atoms with Gasteiger partial charge in [0, 0.05) is 10.4 Å². The molecule has 0 radical (unpaired) electrons. The summed E-state index contributed by atoms with van der Waals surface area (Å²) in [5, 5.41) is 10.9. The number of benzene rings is 1.